The van der Waals surface area contributed by atoms with Crippen molar-refractivity contribution in [2.45, 2.75) is 32.1 Å². The molecular formula is C23H19ClF3N5O2. The summed E-state index contributed by atoms with van der Waals surface area (Å²) >= 11 is 5.92. The predicted octanol–water partition coefficient (Wildman–Crippen LogP) is 4.52. The van der Waals surface area contributed by atoms with Crippen LogP contribution in [-0.4, -0.2) is 25.2 Å². The first kappa shape index (κ1) is 23.5. The van der Waals surface area contributed by atoms with Crippen LogP contribution in [0.2, 0.25) is 5.02 Å². The highest BCUT2D eigenvalue weighted by atomic mass is 35.5. The van der Waals surface area contributed by atoms with Crippen molar-refractivity contribution < 1.29 is 18.0 Å². The second-order valence-corrected chi connectivity index (χ2v) is 8.04. The lowest BCUT2D eigenvalue weighted by Crippen LogP contribution is -2.34. The Morgan fingerprint density at radius 1 is 1.18 bits per heavy atom. The molecule has 0 bridgehead atoms. The number of rotatable bonds is 6. The molecule has 0 radical (unpaired) electrons. The molecule has 1 atom stereocenters. The van der Waals surface area contributed by atoms with Gasteiger partial charge in [-0.2, -0.15) is 18.3 Å². The number of hydrogen-bond acceptors (Lipinski definition) is 4. The van der Waals surface area contributed by atoms with E-state index < -0.39 is 23.2 Å². The highest BCUT2D eigenvalue weighted by molar-refractivity contribution is 6.30. The van der Waals surface area contributed by atoms with E-state index in [-0.39, 0.29) is 29.3 Å². The number of nitrogens with zero attached hydrogens (tertiary/aromatic N) is 4. The van der Waals surface area contributed by atoms with Gasteiger partial charge in [0.15, 0.2) is 5.65 Å². The van der Waals surface area contributed by atoms with Crippen molar-refractivity contribution >= 4 is 28.5 Å². The van der Waals surface area contributed by atoms with Gasteiger partial charge in [-0.1, -0.05) is 36.7 Å². The van der Waals surface area contributed by atoms with Crippen LogP contribution in [-0.2, 0) is 17.5 Å². The topological polar surface area (TPSA) is 81.8 Å². The van der Waals surface area contributed by atoms with E-state index >= 15 is 0 Å². The van der Waals surface area contributed by atoms with Gasteiger partial charge in [0.1, 0.15) is 18.3 Å². The molecule has 2 heterocycles. The number of nitrogens with one attached hydrogen (secondary N) is 1. The molecule has 34 heavy (non-hydrogen) atoms. The van der Waals surface area contributed by atoms with Gasteiger partial charge in [0.25, 0.3) is 5.56 Å². The molecular weight excluding hydrogens is 471 g/mol. The van der Waals surface area contributed by atoms with Crippen LogP contribution in [0.3, 0.4) is 0 Å². The molecule has 0 aliphatic rings. The van der Waals surface area contributed by atoms with Gasteiger partial charge in [-0.15, -0.1) is 0 Å². The first-order valence-electron chi connectivity index (χ1n) is 10.3. The van der Waals surface area contributed by atoms with Crippen LogP contribution in [0.4, 0.5) is 13.2 Å². The molecule has 176 valence electrons. The largest absolute Gasteiger partial charge is 0.416 e. The van der Waals surface area contributed by atoms with Crippen molar-refractivity contribution in [3.05, 3.63) is 87.6 Å². The fraction of sp³-hybridized carbons (Fsp3) is 0.217. The van der Waals surface area contributed by atoms with Crippen LogP contribution in [0.15, 0.2) is 65.8 Å². The number of fused-ring (bicyclic) bond motifs is 1. The van der Waals surface area contributed by atoms with Crippen molar-refractivity contribution in [1.82, 2.24) is 24.6 Å². The zero-order valence-corrected chi connectivity index (χ0v) is 18.6. The standard InChI is InChI=1S/C23H19ClF3N5O2/c1-2-19(14-6-8-16(24)9-7-14)30-20(33)12-31-13-28-21-18(22(31)34)11-29-32(21)17-5-3-4-15(10-17)23(25,26)27/h3-11,13,19H,2,12H2,1H3,(H,30,33)/t19-/m0/s1. The Bertz CT molecular complexity index is 1400. The average Bonchev–Trinajstić information content (AvgIpc) is 3.24. The molecule has 0 aliphatic heterocycles. The highest BCUT2D eigenvalue weighted by Crippen LogP contribution is 2.30. The Hall–Kier alpha value is -3.66. The molecule has 1 amide bonds. The first-order chi connectivity index (χ1) is 16.2. The SMILES string of the molecule is CC[C@H](NC(=O)Cn1cnc2c(cnn2-c2cccc(C(F)(F)F)c2)c1=O)c1ccc(Cl)cc1. The van der Waals surface area contributed by atoms with Crippen LogP contribution in [0.1, 0.15) is 30.5 Å². The van der Waals surface area contributed by atoms with Crippen molar-refractivity contribution in [1.29, 1.82) is 0 Å². The summed E-state index contributed by atoms with van der Waals surface area (Å²) in [4.78, 5) is 29.7. The molecule has 11 heteroatoms. The Balaban J connectivity index is 1.57. The predicted molar refractivity (Wildman–Crippen MR) is 121 cm³/mol. The minimum atomic E-state index is -4.52. The van der Waals surface area contributed by atoms with Crippen LogP contribution in [0.25, 0.3) is 16.7 Å². The molecule has 0 saturated carbocycles. The number of amides is 1. The van der Waals surface area contributed by atoms with Gasteiger partial charge in [-0.25, -0.2) is 9.67 Å². The summed E-state index contributed by atoms with van der Waals surface area (Å²) in [5, 5.41) is 7.59. The Morgan fingerprint density at radius 2 is 1.91 bits per heavy atom. The molecule has 4 aromatic rings. The molecule has 0 aliphatic carbocycles. The molecule has 0 fully saturated rings. The number of benzene rings is 2. The Morgan fingerprint density at radius 3 is 2.59 bits per heavy atom. The van der Waals surface area contributed by atoms with Gasteiger partial charge in [0.05, 0.1) is 23.5 Å². The molecule has 2 aromatic heterocycles. The van der Waals surface area contributed by atoms with E-state index in [1.165, 1.54) is 24.7 Å². The fourth-order valence-corrected chi connectivity index (χ4v) is 3.70. The summed E-state index contributed by atoms with van der Waals surface area (Å²) < 4.78 is 41.5. The monoisotopic (exact) mass is 489 g/mol. The number of aromatic nitrogens is 4. The lowest BCUT2D eigenvalue weighted by molar-refractivity contribution is -0.137. The zero-order chi connectivity index (χ0) is 24.5. The van der Waals surface area contributed by atoms with Crippen molar-refractivity contribution in [3.63, 3.8) is 0 Å². The maximum absolute atomic E-state index is 13.1. The van der Waals surface area contributed by atoms with E-state index in [1.54, 1.807) is 12.1 Å². The van der Waals surface area contributed by atoms with Crippen LogP contribution < -0.4 is 10.9 Å². The second kappa shape index (κ2) is 9.30. The summed E-state index contributed by atoms with van der Waals surface area (Å²) in [7, 11) is 0. The van der Waals surface area contributed by atoms with E-state index in [1.807, 2.05) is 19.1 Å². The maximum Gasteiger partial charge on any atom is 0.416 e. The molecule has 0 saturated heterocycles. The third-order valence-electron chi connectivity index (χ3n) is 5.30. The molecule has 1 N–H and O–H groups in total. The molecule has 7 nitrogen and oxygen atoms in total. The second-order valence-electron chi connectivity index (χ2n) is 7.60. The summed E-state index contributed by atoms with van der Waals surface area (Å²) in [5.41, 5.74) is -0.291. The number of halogens is 4. The maximum atomic E-state index is 13.1. The van der Waals surface area contributed by atoms with Crippen molar-refractivity contribution in [2.24, 2.45) is 0 Å². The van der Waals surface area contributed by atoms with E-state index in [0.29, 0.717) is 11.4 Å². The quantitative estimate of drug-likeness (QED) is 0.431. The lowest BCUT2D eigenvalue weighted by Gasteiger charge is -2.18. The van der Waals surface area contributed by atoms with Gasteiger partial charge in [-0.3, -0.25) is 14.2 Å². The zero-order valence-electron chi connectivity index (χ0n) is 17.9. The van der Waals surface area contributed by atoms with E-state index in [4.69, 9.17) is 11.6 Å². The van der Waals surface area contributed by atoms with Gasteiger partial charge >= 0.3 is 6.18 Å². The van der Waals surface area contributed by atoms with Gasteiger partial charge in [0.2, 0.25) is 5.91 Å². The molecule has 0 spiro atoms. The summed E-state index contributed by atoms with van der Waals surface area (Å²) in [6, 6.07) is 11.4. The minimum absolute atomic E-state index is 0.0810. The summed E-state index contributed by atoms with van der Waals surface area (Å²) in [6.45, 7) is 1.64. The van der Waals surface area contributed by atoms with E-state index in [9.17, 15) is 22.8 Å². The normalized spacial score (nSPS) is 12.6. The van der Waals surface area contributed by atoms with Crippen molar-refractivity contribution in [2.75, 3.05) is 0 Å². The Labute approximate surface area is 196 Å². The van der Waals surface area contributed by atoms with Crippen molar-refractivity contribution in [3.8, 4) is 5.69 Å². The van der Waals surface area contributed by atoms with Crippen LogP contribution in [0.5, 0.6) is 0 Å². The third-order valence-corrected chi connectivity index (χ3v) is 5.55. The van der Waals surface area contributed by atoms with Gasteiger partial charge in [-0.05, 0) is 42.3 Å². The Kier molecular flexibility index (Phi) is 6.43. The average molecular weight is 490 g/mol. The smallest absolute Gasteiger partial charge is 0.348 e. The number of alkyl halides is 3. The summed E-state index contributed by atoms with van der Waals surface area (Å²) in [5.74, 6) is -0.393. The summed E-state index contributed by atoms with van der Waals surface area (Å²) in [6.07, 6.45) is -1.49. The van der Waals surface area contributed by atoms with Gasteiger partial charge in [0, 0.05) is 5.02 Å². The van der Waals surface area contributed by atoms with Gasteiger partial charge < -0.3 is 5.32 Å². The highest BCUT2D eigenvalue weighted by Gasteiger charge is 2.30. The molecule has 0 unspecified atom stereocenters. The number of carbonyl (C=O) groups excluding carboxylic acids is 1. The molecule has 2 aromatic carbocycles. The molecule has 4 rings (SSSR count). The third kappa shape index (κ3) is 4.81. The fourth-order valence-electron chi connectivity index (χ4n) is 3.58. The number of carbonyl (C=O) groups is 1. The van der Waals surface area contributed by atoms with E-state index in [0.717, 1.165) is 26.9 Å². The van der Waals surface area contributed by atoms with Crippen LogP contribution >= 0.6 is 11.6 Å². The number of hydrogen-bond donors (Lipinski definition) is 1. The van der Waals surface area contributed by atoms with E-state index in [2.05, 4.69) is 15.4 Å². The lowest BCUT2D eigenvalue weighted by atomic mass is 10.0. The minimum Gasteiger partial charge on any atom is -0.348 e. The van der Waals surface area contributed by atoms with Crippen LogP contribution in [0, 0.1) is 0 Å². The first-order valence-corrected chi connectivity index (χ1v) is 10.7.